The average molecular weight is 383 g/mol. The summed E-state index contributed by atoms with van der Waals surface area (Å²) >= 11 is 0. The van der Waals surface area contributed by atoms with E-state index in [-0.39, 0.29) is 24.3 Å². The van der Waals surface area contributed by atoms with E-state index in [1.54, 1.807) is 7.11 Å². The quantitative estimate of drug-likeness (QED) is 0.735. The lowest BCUT2D eigenvalue weighted by molar-refractivity contribution is -0.00705. The Balaban J connectivity index is 1.44. The van der Waals surface area contributed by atoms with E-state index in [1.165, 1.54) is 0 Å². The number of methoxy groups -OCH3 is 1. The number of hydrogen-bond acceptors (Lipinski definition) is 4. The monoisotopic (exact) mass is 383 g/mol. The Bertz CT molecular complexity index is 859. The van der Waals surface area contributed by atoms with Crippen molar-refractivity contribution in [3.8, 4) is 11.5 Å². The van der Waals surface area contributed by atoms with Crippen LogP contribution >= 0.6 is 0 Å². The molecule has 0 unspecified atom stereocenters. The van der Waals surface area contributed by atoms with E-state index in [2.05, 4.69) is 18.2 Å². The molecule has 0 aromatic heterocycles. The highest BCUT2D eigenvalue weighted by Gasteiger charge is 2.45. The summed E-state index contributed by atoms with van der Waals surface area (Å²) in [5.41, 5.74) is -0.461. The molecule has 150 valence electrons. The zero-order valence-electron chi connectivity index (χ0n) is 17.1. The molecule has 2 aliphatic rings. The standard InChI is InChI=1S/C23H29NO4/c1-23(2,3)28-22(25)24-17-7-8-18(24)14-21(13-17)27-20-10-6-15-11-19(26-4)9-5-16(15)12-20/h5-6,9-12,17-18,21H,7-8,13-14H2,1-4H3/t17-,18+,21-. The van der Waals surface area contributed by atoms with Gasteiger partial charge < -0.3 is 19.1 Å². The van der Waals surface area contributed by atoms with Crippen molar-refractivity contribution in [2.45, 2.75) is 70.2 Å². The maximum absolute atomic E-state index is 12.6. The van der Waals surface area contributed by atoms with Gasteiger partial charge in [0.05, 0.1) is 7.11 Å². The number of nitrogens with zero attached hydrogens (tertiary/aromatic N) is 1. The summed E-state index contributed by atoms with van der Waals surface area (Å²) < 4.78 is 17.2. The summed E-state index contributed by atoms with van der Waals surface area (Å²) in [6, 6.07) is 12.6. The van der Waals surface area contributed by atoms with Crippen LogP contribution in [0.4, 0.5) is 4.79 Å². The molecule has 2 aliphatic heterocycles. The minimum absolute atomic E-state index is 0.131. The third kappa shape index (κ3) is 3.89. The highest BCUT2D eigenvalue weighted by Crippen LogP contribution is 2.38. The van der Waals surface area contributed by atoms with Crippen molar-refractivity contribution in [1.82, 2.24) is 4.90 Å². The molecule has 2 aromatic carbocycles. The molecular weight excluding hydrogens is 354 g/mol. The molecule has 2 aromatic rings. The lowest BCUT2D eigenvalue weighted by Crippen LogP contribution is -2.50. The predicted molar refractivity (Wildman–Crippen MR) is 109 cm³/mol. The van der Waals surface area contributed by atoms with Gasteiger partial charge in [0.1, 0.15) is 23.2 Å². The summed E-state index contributed by atoms with van der Waals surface area (Å²) in [5.74, 6) is 1.74. The number of benzene rings is 2. The number of hydrogen-bond donors (Lipinski definition) is 0. The number of piperidine rings is 1. The third-order valence-corrected chi connectivity index (χ3v) is 5.62. The largest absolute Gasteiger partial charge is 0.497 e. The molecule has 4 rings (SSSR count). The van der Waals surface area contributed by atoms with Crippen LogP contribution in [0.1, 0.15) is 46.5 Å². The lowest BCUT2D eigenvalue weighted by atomic mass is 10.00. The number of amides is 1. The molecule has 0 saturated carbocycles. The zero-order chi connectivity index (χ0) is 19.9. The SMILES string of the molecule is COc1ccc2cc(O[C@@H]3C[C@H]4CC[C@@H](C3)N4C(=O)OC(C)(C)C)ccc2c1. The van der Waals surface area contributed by atoms with Gasteiger partial charge in [0.15, 0.2) is 0 Å². The molecule has 2 bridgehead atoms. The molecule has 2 saturated heterocycles. The first-order valence-electron chi connectivity index (χ1n) is 10.1. The van der Waals surface area contributed by atoms with Gasteiger partial charge in [-0.15, -0.1) is 0 Å². The Labute approximate surface area is 166 Å². The summed E-state index contributed by atoms with van der Waals surface area (Å²) in [6.45, 7) is 5.74. The topological polar surface area (TPSA) is 48.0 Å². The van der Waals surface area contributed by atoms with Gasteiger partial charge in [-0.2, -0.15) is 0 Å². The van der Waals surface area contributed by atoms with Crippen molar-refractivity contribution >= 4 is 16.9 Å². The summed E-state index contributed by atoms with van der Waals surface area (Å²) in [7, 11) is 1.68. The maximum atomic E-state index is 12.6. The van der Waals surface area contributed by atoms with Gasteiger partial charge in [-0.1, -0.05) is 12.1 Å². The molecule has 2 heterocycles. The Morgan fingerprint density at radius 2 is 1.54 bits per heavy atom. The average Bonchev–Trinajstić information content (AvgIpc) is 2.91. The second-order valence-corrected chi connectivity index (χ2v) is 8.86. The molecule has 0 aliphatic carbocycles. The molecule has 2 fully saturated rings. The molecule has 0 N–H and O–H groups in total. The molecule has 3 atom stereocenters. The molecule has 5 heteroatoms. The van der Waals surface area contributed by atoms with Crippen molar-refractivity contribution in [2.75, 3.05) is 7.11 Å². The highest BCUT2D eigenvalue weighted by atomic mass is 16.6. The van der Waals surface area contributed by atoms with Gasteiger partial charge in [-0.3, -0.25) is 0 Å². The fraction of sp³-hybridized carbons (Fsp3) is 0.522. The van der Waals surface area contributed by atoms with Crippen LogP contribution < -0.4 is 9.47 Å². The van der Waals surface area contributed by atoms with E-state index < -0.39 is 5.60 Å². The van der Waals surface area contributed by atoms with Crippen molar-refractivity contribution in [1.29, 1.82) is 0 Å². The first-order chi connectivity index (χ1) is 13.3. The van der Waals surface area contributed by atoms with Crippen molar-refractivity contribution in [3.63, 3.8) is 0 Å². The van der Waals surface area contributed by atoms with Crippen LogP contribution in [-0.2, 0) is 4.74 Å². The van der Waals surface area contributed by atoms with Gasteiger partial charge in [-0.25, -0.2) is 4.79 Å². The normalized spacial score (nSPS) is 24.3. The first kappa shape index (κ1) is 18.9. The number of fused-ring (bicyclic) bond motifs is 3. The maximum Gasteiger partial charge on any atom is 0.410 e. The molecule has 0 spiro atoms. The minimum atomic E-state index is -0.461. The van der Waals surface area contributed by atoms with Crippen LogP contribution in [0, 0.1) is 0 Å². The number of ether oxygens (including phenoxy) is 3. The van der Waals surface area contributed by atoms with Gasteiger partial charge in [0.25, 0.3) is 0 Å². The van der Waals surface area contributed by atoms with E-state index in [9.17, 15) is 4.79 Å². The molecular formula is C23H29NO4. The van der Waals surface area contributed by atoms with E-state index in [0.717, 1.165) is 48.0 Å². The van der Waals surface area contributed by atoms with Crippen LogP contribution in [0.25, 0.3) is 10.8 Å². The molecule has 1 amide bonds. The van der Waals surface area contributed by atoms with Crippen LogP contribution in [0.5, 0.6) is 11.5 Å². The Hall–Kier alpha value is -2.43. The van der Waals surface area contributed by atoms with Crippen molar-refractivity contribution < 1.29 is 19.0 Å². The second-order valence-electron chi connectivity index (χ2n) is 8.86. The van der Waals surface area contributed by atoms with Crippen LogP contribution in [0.3, 0.4) is 0 Å². The van der Waals surface area contributed by atoms with Crippen LogP contribution in [0.2, 0.25) is 0 Å². The second kappa shape index (κ2) is 7.19. The smallest absolute Gasteiger partial charge is 0.410 e. The summed E-state index contributed by atoms with van der Waals surface area (Å²) in [5, 5.41) is 2.26. The Morgan fingerprint density at radius 1 is 0.964 bits per heavy atom. The molecule has 0 radical (unpaired) electrons. The third-order valence-electron chi connectivity index (χ3n) is 5.62. The summed E-state index contributed by atoms with van der Waals surface area (Å²) in [4.78, 5) is 14.5. The fourth-order valence-corrected chi connectivity index (χ4v) is 4.43. The van der Waals surface area contributed by atoms with Crippen molar-refractivity contribution in [3.05, 3.63) is 36.4 Å². The Morgan fingerprint density at radius 3 is 2.11 bits per heavy atom. The predicted octanol–water partition coefficient (Wildman–Crippen LogP) is 5.16. The van der Waals surface area contributed by atoms with Crippen molar-refractivity contribution in [2.24, 2.45) is 0 Å². The van der Waals surface area contributed by atoms with Gasteiger partial charge in [0.2, 0.25) is 0 Å². The fourth-order valence-electron chi connectivity index (χ4n) is 4.43. The van der Waals surface area contributed by atoms with Gasteiger partial charge in [0, 0.05) is 24.9 Å². The van der Waals surface area contributed by atoms with Gasteiger partial charge in [-0.05, 0) is 68.7 Å². The Kier molecular flexibility index (Phi) is 4.86. The number of rotatable bonds is 3. The van der Waals surface area contributed by atoms with E-state index >= 15 is 0 Å². The molecule has 5 nitrogen and oxygen atoms in total. The van der Waals surface area contributed by atoms with E-state index in [4.69, 9.17) is 14.2 Å². The number of carbonyl (C=O) groups is 1. The van der Waals surface area contributed by atoms with Crippen LogP contribution in [-0.4, -0.2) is 41.9 Å². The van der Waals surface area contributed by atoms with E-state index in [1.807, 2.05) is 43.9 Å². The van der Waals surface area contributed by atoms with Crippen LogP contribution in [0.15, 0.2) is 36.4 Å². The van der Waals surface area contributed by atoms with E-state index in [0.29, 0.717) is 0 Å². The minimum Gasteiger partial charge on any atom is -0.497 e. The number of carbonyl (C=O) groups excluding carboxylic acids is 1. The first-order valence-corrected chi connectivity index (χ1v) is 10.1. The van der Waals surface area contributed by atoms with Gasteiger partial charge >= 0.3 is 6.09 Å². The molecule has 28 heavy (non-hydrogen) atoms. The summed E-state index contributed by atoms with van der Waals surface area (Å²) in [6.07, 6.45) is 3.72. The zero-order valence-corrected chi connectivity index (χ0v) is 17.1. The highest BCUT2D eigenvalue weighted by molar-refractivity contribution is 5.85. The lowest BCUT2D eigenvalue weighted by Gasteiger charge is -2.39.